The van der Waals surface area contributed by atoms with Gasteiger partial charge in [-0.25, -0.2) is 0 Å². The Balaban J connectivity index is 0.00000364. The van der Waals surface area contributed by atoms with Crippen molar-refractivity contribution in [3.63, 3.8) is 0 Å². The van der Waals surface area contributed by atoms with E-state index in [0.717, 1.165) is 55.6 Å². The molecule has 1 aromatic carbocycles. The van der Waals surface area contributed by atoms with Crippen molar-refractivity contribution in [2.75, 3.05) is 53.0 Å². The molecule has 0 amide bonds. The first-order valence-electron chi connectivity index (χ1n) is 9.24. The topological polar surface area (TPSA) is 58.1 Å². The molecular weight excluding hydrogens is 523 g/mol. The van der Waals surface area contributed by atoms with Crippen LogP contribution in [0.3, 0.4) is 0 Å². The molecule has 6 nitrogen and oxygen atoms in total. The van der Waals surface area contributed by atoms with Gasteiger partial charge < -0.3 is 20.1 Å². The molecule has 1 saturated heterocycles. The van der Waals surface area contributed by atoms with E-state index in [2.05, 4.69) is 43.4 Å². The van der Waals surface area contributed by atoms with E-state index in [1.807, 2.05) is 31.2 Å². The molecule has 1 heterocycles. The number of hydrogen-bond acceptors (Lipinski definition) is 4. The van der Waals surface area contributed by atoms with Gasteiger partial charge in [0.25, 0.3) is 0 Å². The van der Waals surface area contributed by atoms with E-state index in [1.54, 1.807) is 7.05 Å². The van der Waals surface area contributed by atoms with Crippen LogP contribution in [0.1, 0.15) is 13.8 Å². The van der Waals surface area contributed by atoms with Crippen molar-refractivity contribution in [1.29, 1.82) is 0 Å². The maximum atomic E-state index is 5.96. The molecule has 8 heteroatoms. The van der Waals surface area contributed by atoms with Crippen LogP contribution in [0.5, 0.6) is 5.75 Å². The van der Waals surface area contributed by atoms with Crippen LogP contribution in [0.4, 0.5) is 0 Å². The van der Waals surface area contributed by atoms with Gasteiger partial charge in [-0.3, -0.25) is 9.89 Å². The Hall–Kier alpha value is -0.580. The molecule has 27 heavy (non-hydrogen) atoms. The molecule has 0 radical (unpaired) electrons. The number of guanidine groups is 1. The third-order valence-electron chi connectivity index (χ3n) is 4.24. The Morgan fingerprint density at radius 2 is 1.89 bits per heavy atom. The van der Waals surface area contributed by atoms with Crippen molar-refractivity contribution in [2.45, 2.75) is 20.0 Å². The Kier molecular flexibility index (Phi) is 12.3. The first-order valence-corrected chi connectivity index (χ1v) is 10.0. The number of hydrogen-bond donors (Lipinski definition) is 2. The molecule has 0 spiro atoms. The van der Waals surface area contributed by atoms with E-state index >= 15 is 0 Å². The number of nitrogens with zero attached hydrogens (tertiary/aromatic N) is 2. The van der Waals surface area contributed by atoms with Crippen molar-refractivity contribution in [1.82, 2.24) is 15.5 Å². The zero-order valence-corrected chi connectivity index (χ0v) is 20.3. The van der Waals surface area contributed by atoms with E-state index in [0.29, 0.717) is 12.5 Å². The number of nitrogens with one attached hydrogen (secondary N) is 2. The second-order valence-electron chi connectivity index (χ2n) is 6.71. The largest absolute Gasteiger partial charge is 0.488 e. The molecule has 1 fully saturated rings. The smallest absolute Gasteiger partial charge is 0.191 e. The van der Waals surface area contributed by atoms with E-state index in [-0.39, 0.29) is 30.1 Å². The summed E-state index contributed by atoms with van der Waals surface area (Å²) in [5.74, 6) is 2.20. The van der Waals surface area contributed by atoms with Crippen molar-refractivity contribution in [3.8, 4) is 5.75 Å². The van der Waals surface area contributed by atoms with Crippen LogP contribution in [0.15, 0.2) is 33.7 Å². The maximum absolute atomic E-state index is 5.96. The molecular formula is C19H32BrIN4O2. The van der Waals surface area contributed by atoms with Crippen molar-refractivity contribution in [2.24, 2.45) is 10.9 Å². The molecule has 2 unspecified atom stereocenters. The van der Waals surface area contributed by atoms with Crippen LogP contribution in [-0.4, -0.2) is 69.9 Å². The first-order chi connectivity index (χ1) is 12.6. The molecule has 2 N–H and O–H groups in total. The number of aliphatic imine (C=N–C) groups is 1. The fourth-order valence-electron chi connectivity index (χ4n) is 2.82. The number of ether oxygens (including phenoxy) is 2. The van der Waals surface area contributed by atoms with E-state index in [9.17, 15) is 0 Å². The van der Waals surface area contributed by atoms with Crippen LogP contribution in [0, 0.1) is 5.92 Å². The monoisotopic (exact) mass is 554 g/mol. The molecule has 1 aliphatic rings. The third-order valence-corrected chi connectivity index (χ3v) is 4.89. The zero-order valence-electron chi connectivity index (χ0n) is 16.4. The van der Waals surface area contributed by atoms with Crippen LogP contribution in [-0.2, 0) is 4.74 Å². The predicted molar refractivity (Wildman–Crippen MR) is 125 cm³/mol. The van der Waals surface area contributed by atoms with Crippen molar-refractivity contribution in [3.05, 3.63) is 28.7 Å². The zero-order chi connectivity index (χ0) is 18.8. The van der Waals surface area contributed by atoms with Gasteiger partial charge in [0.05, 0.1) is 24.2 Å². The van der Waals surface area contributed by atoms with Gasteiger partial charge >= 0.3 is 0 Å². The van der Waals surface area contributed by atoms with Crippen molar-refractivity contribution < 1.29 is 9.47 Å². The fraction of sp³-hybridized carbons (Fsp3) is 0.632. The van der Waals surface area contributed by atoms with Gasteiger partial charge in [0, 0.05) is 33.2 Å². The summed E-state index contributed by atoms with van der Waals surface area (Å²) in [5.41, 5.74) is 0. The standard InChI is InChI=1S/C19H31BrN4O2.HI/c1-15(14-24-8-10-25-11-9-24)12-22-19(21-3)23-13-16(2)26-18-7-5-4-6-17(18)20;/h4-7,15-16H,8-14H2,1-3H3,(H2,21,22,23);1H. The number of halogens is 2. The highest BCUT2D eigenvalue weighted by atomic mass is 127. The van der Waals surface area contributed by atoms with Gasteiger partial charge in [0.15, 0.2) is 5.96 Å². The molecule has 1 aliphatic heterocycles. The second kappa shape index (κ2) is 13.6. The Morgan fingerprint density at radius 1 is 1.22 bits per heavy atom. The lowest BCUT2D eigenvalue weighted by Crippen LogP contribution is -2.45. The Morgan fingerprint density at radius 3 is 2.56 bits per heavy atom. The Labute approximate surface area is 188 Å². The van der Waals surface area contributed by atoms with Crippen LogP contribution >= 0.6 is 39.9 Å². The summed E-state index contributed by atoms with van der Waals surface area (Å²) in [6.45, 7) is 10.7. The average molecular weight is 555 g/mol. The quantitative estimate of drug-likeness (QED) is 0.294. The minimum atomic E-state index is 0. The van der Waals surface area contributed by atoms with Gasteiger partial charge in [-0.2, -0.15) is 0 Å². The summed E-state index contributed by atoms with van der Waals surface area (Å²) in [7, 11) is 1.79. The molecule has 2 rings (SSSR count). The molecule has 0 bridgehead atoms. The van der Waals surface area contributed by atoms with E-state index in [1.165, 1.54) is 0 Å². The first kappa shape index (κ1) is 24.5. The van der Waals surface area contributed by atoms with E-state index in [4.69, 9.17) is 9.47 Å². The highest BCUT2D eigenvalue weighted by molar-refractivity contribution is 14.0. The summed E-state index contributed by atoms with van der Waals surface area (Å²) in [6, 6.07) is 7.88. The van der Waals surface area contributed by atoms with Crippen LogP contribution < -0.4 is 15.4 Å². The van der Waals surface area contributed by atoms with Gasteiger partial charge in [0.2, 0.25) is 0 Å². The summed E-state index contributed by atoms with van der Waals surface area (Å²) in [4.78, 5) is 6.76. The molecule has 0 aromatic heterocycles. The van der Waals surface area contributed by atoms with Crippen molar-refractivity contribution >= 4 is 45.9 Å². The lowest BCUT2D eigenvalue weighted by Gasteiger charge is -2.29. The molecule has 0 aliphatic carbocycles. The van der Waals surface area contributed by atoms with Crippen LogP contribution in [0.2, 0.25) is 0 Å². The summed E-state index contributed by atoms with van der Waals surface area (Å²) < 4.78 is 12.3. The average Bonchev–Trinajstić information content (AvgIpc) is 2.64. The predicted octanol–water partition coefficient (Wildman–Crippen LogP) is 2.97. The Bertz CT molecular complexity index is 570. The number of benzene rings is 1. The van der Waals surface area contributed by atoms with Gasteiger partial charge in [0.1, 0.15) is 11.9 Å². The molecule has 154 valence electrons. The third kappa shape index (κ3) is 9.45. The summed E-state index contributed by atoms with van der Waals surface area (Å²) >= 11 is 3.51. The summed E-state index contributed by atoms with van der Waals surface area (Å²) in [6.07, 6.45) is 0.0259. The SMILES string of the molecule is CN=C(NCC(C)CN1CCOCC1)NCC(C)Oc1ccccc1Br.I. The highest BCUT2D eigenvalue weighted by Crippen LogP contribution is 2.24. The van der Waals surface area contributed by atoms with E-state index < -0.39 is 0 Å². The van der Waals surface area contributed by atoms with Gasteiger partial charge in [-0.15, -0.1) is 24.0 Å². The fourth-order valence-corrected chi connectivity index (χ4v) is 3.20. The lowest BCUT2D eigenvalue weighted by molar-refractivity contribution is 0.0320. The lowest BCUT2D eigenvalue weighted by atomic mass is 10.1. The minimum absolute atomic E-state index is 0. The number of morpholine rings is 1. The highest BCUT2D eigenvalue weighted by Gasteiger charge is 2.14. The summed E-state index contributed by atoms with van der Waals surface area (Å²) in [5, 5.41) is 6.74. The molecule has 0 saturated carbocycles. The van der Waals surface area contributed by atoms with Gasteiger partial charge in [-0.05, 0) is 40.9 Å². The molecule has 1 aromatic rings. The molecule has 2 atom stereocenters. The number of rotatable bonds is 8. The van der Waals surface area contributed by atoms with Crippen LogP contribution in [0.25, 0.3) is 0 Å². The van der Waals surface area contributed by atoms with Gasteiger partial charge in [-0.1, -0.05) is 19.1 Å². The number of para-hydroxylation sites is 1. The normalized spacial score (nSPS) is 17.6. The second-order valence-corrected chi connectivity index (χ2v) is 7.57. The minimum Gasteiger partial charge on any atom is -0.488 e. The maximum Gasteiger partial charge on any atom is 0.191 e.